The van der Waals surface area contributed by atoms with Crippen LogP contribution < -0.4 is 15.4 Å². The molecule has 28 heavy (non-hydrogen) atoms. The lowest BCUT2D eigenvalue weighted by atomic mass is 10.1. The van der Waals surface area contributed by atoms with Crippen molar-refractivity contribution in [1.82, 2.24) is 9.97 Å². The highest BCUT2D eigenvalue weighted by atomic mass is 16.5. The molecule has 0 spiro atoms. The maximum Gasteiger partial charge on any atom is 0.274 e. The molecule has 3 rings (SSSR count). The number of rotatable bonds is 7. The Morgan fingerprint density at radius 1 is 1.14 bits per heavy atom. The molecule has 3 aromatic rings. The minimum absolute atomic E-state index is 0.217. The standard InChI is InChI=1S/C21H19N5O2/c1-28-17-8-6-15(7-9-17)10-11-23-20-12-19(24-14-25-20)21(27)26-18-5-3-2-4-16(18)13-22/h2-9,12,14H,10-11H2,1H3,(H,26,27)(H,23,24,25). The molecular weight excluding hydrogens is 354 g/mol. The van der Waals surface area contributed by atoms with Gasteiger partial charge in [-0.15, -0.1) is 0 Å². The zero-order valence-electron chi connectivity index (χ0n) is 15.3. The zero-order valence-corrected chi connectivity index (χ0v) is 15.3. The lowest BCUT2D eigenvalue weighted by Gasteiger charge is -2.09. The number of ether oxygens (including phenoxy) is 1. The third-order valence-corrected chi connectivity index (χ3v) is 4.07. The fourth-order valence-corrected chi connectivity index (χ4v) is 2.58. The van der Waals surface area contributed by atoms with Gasteiger partial charge in [0.2, 0.25) is 0 Å². The minimum atomic E-state index is -0.400. The second-order valence-corrected chi connectivity index (χ2v) is 5.92. The predicted molar refractivity (Wildman–Crippen MR) is 106 cm³/mol. The Morgan fingerprint density at radius 2 is 1.93 bits per heavy atom. The van der Waals surface area contributed by atoms with Gasteiger partial charge in [-0.05, 0) is 36.2 Å². The van der Waals surface area contributed by atoms with E-state index in [0.717, 1.165) is 17.7 Å². The van der Waals surface area contributed by atoms with Gasteiger partial charge in [0.15, 0.2) is 0 Å². The number of hydrogen-bond donors (Lipinski definition) is 2. The highest BCUT2D eigenvalue weighted by Gasteiger charge is 2.11. The molecule has 0 radical (unpaired) electrons. The Balaban J connectivity index is 1.60. The molecule has 1 heterocycles. The van der Waals surface area contributed by atoms with Crippen LogP contribution in [0.2, 0.25) is 0 Å². The fourth-order valence-electron chi connectivity index (χ4n) is 2.58. The minimum Gasteiger partial charge on any atom is -0.497 e. The van der Waals surface area contributed by atoms with Crippen LogP contribution in [0.25, 0.3) is 0 Å². The van der Waals surface area contributed by atoms with Crippen molar-refractivity contribution < 1.29 is 9.53 Å². The first kappa shape index (κ1) is 18.9. The van der Waals surface area contributed by atoms with Crippen LogP contribution in [-0.4, -0.2) is 29.5 Å². The molecule has 2 aromatic carbocycles. The van der Waals surface area contributed by atoms with Crippen molar-refractivity contribution in [3.8, 4) is 11.8 Å². The Kier molecular flexibility index (Phi) is 6.16. The van der Waals surface area contributed by atoms with Crippen LogP contribution >= 0.6 is 0 Å². The monoisotopic (exact) mass is 373 g/mol. The van der Waals surface area contributed by atoms with E-state index < -0.39 is 5.91 Å². The molecule has 1 aromatic heterocycles. The van der Waals surface area contributed by atoms with Gasteiger partial charge in [0, 0.05) is 12.6 Å². The van der Waals surface area contributed by atoms with Crippen LogP contribution in [0.3, 0.4) is 0 Å². The highest BCUT2D eigenvalue weighted by molar-refractivity contribution is 6.03. The summed E-state index contributed by atoms with van der Waals surface area (Å²) in [7, 11) is 1.64. The van der Waals surface area contributed by atoms with Gasteiger partial charge < -0.3 is 15.4 Å². The smallest absolute Gasteiger partial charge is 0.274 e. The summed E-state index contributed by atoms with van der Waals surface area (Å²) in [6.45, 7) is 0.654. The number of nitriles is 1. The van der Waals surface area contributed by atoms with Crippen molar-refractivity contribution in [3.05, 3.63) is 77.7 Å². The molecule has 0 saturated carbocycles. The van der Waals surface area contributed by atoms with Crippen molar-refractivity contribution in [2.45, 2.75) is 6.42 Å². The van der Waals surface area contributed by atoms with Crippen LogP contribution in [-0.2, 0) is 6.42 Å². The third kappa shape index (κ3) is 4.83. The van der Waals surface area contributed by atoms with Crippen LogP contribution in [0.1, 0.15) is 21.6 Å². The van der Waals surface area contributed by atoms with E-state index in [0.29, 0.717) is 23.6 Å². The van der Waals surface area contributed by atoms with E-state index in [-0.39, 0.29) is 5.69 Å². The molecule has 0 saturated heterocycles. The summed E-state index contributed by atoms with van der Waals surface area (Å²) in [6.07, 6.45) is 2.13. The summed E-state index contributed by atoms with van der Waals surface area (Å²) in [5, 5.41) is 15.0. The van der Waals surface area contributed by atoms with Crippen molar-refractivity contribution in [3.63, 3.8) is 0 Å². The molecule has 7 heteroatoms. The molecule has 0 unspecified atom stereocenters. The van der Waals surface area contributed by atoms with E-state index in [1.54, 1.807) is 37.4 Å². The molecule has 7 nitrogen and oxygen atoms in total. The number of carbonyl (C=O) groups excluding carboxylic acids is 1. The maximum absolute atomic E-state index is 12.4. The number of benzene rings is 2. The van der Waals surface area contributed by atoms with Gasteiger partial charge in [0.1, 0.15) is 29.7 Å². The quantitative estimate of drug-likeness (QED) is 0.659. The summed E-state index contributed by atoms with van der Waals surface area (Å²) in [5.41, 5.74) is 2.22. The summed E-state index contributed by atoms with van der Waals surface area (Å²) in [6, 6.07) is 18.3. The second kappa shape index (κ2) is 9.14. The van der Waals surface area contributed by atoms with Crippen molar-refractivity contribution in [2.75, 3.05) is 24.3 Å². The number of nitrogens with one attached hydrogen (secondary N) is 2. The number of amides is 1. The number of nitrogens with zero attached hydrogens (tertiary/aromatic N) is 3. The molecule has 0 bridgehead atoms. The molecule has 1 amide bonds. The van der Waals surface area contributed by atoms with Crippen LogP contribution in [0, 0.1) is 11.3 Å². The molecule has 0 fully saturated rings. The normalized spacial score (nSPS) is 10.0. The van der Waals surface area contributed by atoms with Gasteiger partial charge in [0.05, 0.1) is 18.4 Å². The topological polar surface area (TPSA) is 99.9 Å². The van der Waals surface area contributed by atoms with Gasteiger partial charge in [-0.3, -0.25) is 4.79 Å². The van der Waals surface area contributed by atoms with E-state index >= 15 is 0 Å². The molecule has 0 aliphatic carbocycles. The van der Waals surface area contributed by atoms with Gasteiger partial charge in [-0.1, -0.05) is 24.3 Å². The van der Waals surface area contributed by atoms with Crippen LogP contribution in [0.5, 0.6) is 5.75 Å². The van der Waals surface area contributed by atoms with Crippen molar-refractivity contribution >= 4 is 17.4 Å². The number of carbonyl (C=O) groups is 1. The average molecular weight is 373 g/mol. The Bertz CT molecular complexity index is 996. The summed E-state index contributed by atoms with van der Waals surface area (Å²) >= 11 is 0. The molecule has 0 atom stereocenters. The summed E-state index contributed by atoms with van der Waals surface area (Å²) in [5.74, 6) is 0.978. The summed E-state index contributed by atoms with van der Waals surface area (Å²) < 4.78 is 5.15. The molecule has 2 N–H and O–H groups in total. The molecule has 0 aliphatic rings. The van der Waals surface area contributed by atoms with Gasteiger partial charge in [-0.2, -0.15) is 5.26 Å². The van der Waals surface area contributed by atoms with E-state index in [9.17, 15) is 4.79 Å². The third-order valence-electron chi connectivity index (χ3n) is 4.07. The Hall–Kier alpha value is -3.92. The Morgan fingerprint density at radius 3 is 2.68 bits per heavy atom. The maximum atomic E-state index is 12.4. The molecular formula is C21H19N5O2. The zero-order chi connectivity index (χ0) is 19.8. The van der Waals surface area contributed by atoms with E-state index in [4.69, 9.17) is 10.00 Å². The largest absolute Gasteiger partial charge is 0.497 e. The van der Waals surface area contributed by atoms with Gasteiger partial charge in [0.25, 0.3) is 5.91 Å². The van der Waals surface area contributed by atoms with E-state index in [1.807, 2.05) is 30.3 Å². The number of para-hydroxylation sites is 1. The second-order valence-electron chi connectivity index (χ2n) is 5.92. The SMILES string of the molecule is COc1ccc(CCNc2cc(C(=O)Nc3ccccc3C#N)ncn2)cc1. The fraction of sp³-hybridized carbons (Fsp3) is 0.143. The number of anilines is 2. The number of hydrogen-bond acceptors (Lipinski definition) is 6. The Labute approximate surface area is 163 Å². The number of aromatic nitrogens is 2. The van der Waals surface area contributed by atoms with Crippen molar-refractivity contribution in [2.24, 2.45) is 0 Å². The van der Waals surface area contributed by atoms with Gasteiger partial charge in [-0.25, -0.2) is 9.97 Å². The first-order chi connectivity index (χ1) is 13.7. The lowest BCUT2D eigenvalue weighted by Crippen LogP contribution is -2.16. The molecule has 0 aliphatic heterocycles. The highest BCUT2D eigenvalue weighted by Crippen LogP contribution is 2.15. The lowest BCUT2D eigenvalue weighted by molar-refractivity contribution is 0.102. The molecule has 140 valence electrons. The van der Waals surface area contributed by atoms with Gasteiger partial charge >= 0.3 is 0 Å². The van der Waals surface area contributed by atoms with E-state index in [1.165, 1.54) is 6.33 Å². The first-order valence-corrected chi connectivity index (χ1v) is 8.69. The predicted octanol–water partition coefficient (Wildman–Crippen LogP) is 3.26. The summed E-state index contributed by atoms with van der Waals surface area (Å²) in [4.78, 5) is 20.6. The van der Waals surface area contributed by atoms with Crippen molar-refractivity contribution in [1.29, 1.82) is 5.26 Å². The van der Waals surface area contributed by atoms with Crippen LogP contribution in [0.4, 0.5) is 11.5 Å². The van der Waals surface area contributed by atoms with E-state index in [2.05, 4.69) is 20.6 Å². The first-order valence-electron chi connectivity index (χ1n) is 8.69. The number of methoxy groups -OCH3 is 1. The van der Waals surface area contributed by atoms with Crippen LogP contribution in [0.15, 0.2) is 60.9 Å². The average Bonchev–Trinajstić information content (AvgIpc) is 2.75.